The van der Waals surface area contributed by atoms with E-state index in [0.29, 0.717) is 5.92 Å². The standard InChI is InChI=1S/C20H21ClN2/c21-20-9-5-4-8-19(20)14-18(15-23-13-12-22-16-23)11-10-17-6-2-1-3-7-17/h1-9,12-13,16,18H,10-11,14-15H2. The van der Waals surface area contributed by atoms with E-state index in [0.717, 1.165) is 30.8 Å². The van der Waals surface area contributed by atoms with Crippen LogP contribution in [0.25, 0.3) is 0 Å². The lowest BCUT2D eigenvalue weighted by molar-refractivity contribution is 0.412. The molecule has 0 aliphatic rings. The Morgan fingerprint density at radius 3 is 2.52 bits per heavy atom. The lowest BCUT2D eigenvalue weighted by Gasteiger charge is -2.18. The fraction of sp³-hybridized carbons (Fsp3) is 0.250. The molecule has 3 rings (SSSR count). The molecular weight excluding hydrogens is 304 g/mol. The molecule has 3 aromatic rings. The van der Waals surface area contributed by atoms with Crippen LogP contribution in [-0.2, 0) is 19.4 Å². The third-order valence-corrected chi connectivity index (χ3v) is 4.55. The number of aryl methyl sites for hydroxylation is 1. The highest BCUT2D eigenvalue weighted by Crippen LogP contribution is 2.23. The predicted octanol–water partition coefficient (Wildman–Crippen LogP) is 5.03. The van der Waals surface area contributed by atoms with E-state index < -0.39 is 0 Å². The molecule has 118 valence electrons. The van der Waals surface area contributed by atoms with Crippen molar-refractivity contribution in [3.05, 3.63) is 89.5 Å². The molecule has 0 aliphatic heterocycles. The molecule has 3 heteroatoms. The molecule has 0 saturated heterocycles. The first kappa shape index (κ1) is 15.8. The van der Waals surface area contributed by atoms with Crippen molar-refractivity contribution in [2.75, 3.05) is 0 Å². The van der Waals surface area contributed by atoms with Gasteiger partial charge in [-0.2, -0.15) is 0 Å². The average molecular weight is 325 g/mol. The Bertz CT molecular complexity index is 708. The molecule has 1 unspecified atom stereocenters. The number of nitrogens with zero attached hydrogens (tertiary/aromatic N) is 2. The second kappa shape index (κ2) is 7.98. The fourth-order valence-electron chi connectivity index (χ4n) is 2.94. The van der Waals surface area contributed by atoms with Gasteiger partial charge < -0.3 is 4.57 Å². The van der Waals surface area contributed by atoms with Crippen LogP contribution in [0.15, 0.2) is 73.3 Å². The number of imidazole rings is 1. The van der Waals surface area contributed by atoms with Crippen LogP contribution in [0.2, 0.25) is 5.02 Å². The second-order valence-corrected chi connectivity index (χ2v) is 6.35. The van der Waals surface area contributed by atoms with E-state index in [9.17, 15) is 0 Å². The lowest BCUT2D eigenvalue weighted by atomic mass is 9.92. The summed E-state index contributed by atoms with van der Waals surface area (Å²) in [5.41, 5.74) is 2.62. The van der Waals surface area contributed by atoms with E-state index in [2.05, 4.69) is 52.0 Å². The van der Waals surface area contributed by atoms with E-state index in [-0.39, 0.29) is 0 Å². The van der Waals surface area contributed by atoms with Crippen molar-refractivity contribution in [3.8, 4) is 0 Å². The topological polar surface area (TPSA) is 17.8 Å². The highest BCUT2D eigenvalue weighted by molar-refractivity contribution is 6.31. The normalized spacial score (nSPS) is 12.2. The van der Waals surface area contributed by atoms with Crippen LogP contribution in [0.3, 0.4) is 0 Å². The molecule has 0 bridgehead atoms. The van der Waals surface area contributed by atoms with Crippen LogP contribution in [-0.4, -0.2) is 9.55 Å². The molecule has 23 heavy (non-hydrogen) atoms. The van der Waals surface area contributed by atoms with Gasteiger partial charge in [-0.3, -0.25) is 0 Å². The van der Waals surface area contributed by atoms with Gasteiger partial charge in [0.15, 0.2) is 0 Å². The molecule has 2 aromatic carbocycles. The summed E-state index contributed by atoms with van der Waals surface area (Å²) in [6.45, 7) is 0.970. The molecule has 0 amide bonds. The molecule has 1 atom stereocenters. The first-order valence-corrected chi connectivity index (χ1v) is 8.42. The summed E-state index contributed by atoms with van der Waals surface area (Å²) in [5.74, 6) is 0.532. The highest BCUT2D eigenvalue weighted by Gasteiger charge is 2.13. The van der Waals surface area contributed by atoms with Crippen LogP contribution >= 0.6 is 11.6 Å². The molecule has 0 radical (unpaired) electrons. The summed E-state index contributed by atoms with van der Waals surface area (Å²) in [7, 11) is 0. The van der Waals surface area contributed by atoms with Crippen molar-refractivity contribution < 1.29 is 0 Å². The van der Waals surface area contributed by atoms with E-state index in [1.165, 1.54) is 11.1 Å². The molecule has 2 nitrogen and oxygen atoms in total. The van der Waals surface area contributed by atoms with Gasteiger partial charge in [0.1, 0.15) is 0 Å². The number of rotatable bonds is 7. The van der Waals surface area contributed by atoms with Crippen LogP contribution in [0.5, 0.6) is 0 Å². The van der Waals surface area contributed by atoms with Crippen molar-refractivity contribution in [1.29, 1.82) is 0 Å². The molecule has 0 spiro atoms. The molecule has 0 N–H and O–H groups in total. The zero-order chi connectivity index (χ0) is 15.9. The third-order valence-electron chi connectivity index (χ3n) is 4.18. The monoisotopic (exact) mass is 324 g/mol. The van der Waals surface area contributed by atoms with Gasteiger partial charge in [0.25, 0.3) is 0 Å². The van der Waals surface area contributed by atoms with Gasteiger partial charge in [0.2, 0.25) is 0 Å². The number of hydrogen-bond donors (Lipinski definition) is 0. The van der Waals surface area contributed by atoms with Gasteiger partial charge in [-0.05, 0) is 42.4 Å². The maximum absolute atomic E-state index is 6.35. The molecule has 1 aromatic heterocycles. The first-order chi connectivity index (χ1) is 11.3. The van der Waals surface area contributed by atoms with Gasteiger partial charge in [-0.25, -0.2) is 4.98 Å². The highest BCUT2D eigenvalue weighted by atomic mass is 35.5. The Balaban J connectivity index is 1.69. The summed E-state index contributed by atoms with van der Waals surface area (Å²) in [4.78, 5) is 4.16. The minimum absolute atomic E-state index is 0.532. The second-order valence-electron chi connectivity index (χ2n) is 5.95. The predicted molar refractivity (Wildman–Crippen MR) is 95.6 cm³/mol. The average Bonchev–Trinajstić information content (AvgIpc) is 3.09. The van der Waals surface area contributed by atoms with Gasteiger partial charge in [0, 0.05) is 24.0 Å². The van der Waals surface area contributed by atoms with Crippen molar-refractivity contribution in [1.82, 2.24) is 9.55 Å². The van der Waals surface area contributed by atoms with Crippen LogP contribution in [0.4, 0.5) is 0 Å². The Labute approximate surface area is 142 Å². The summed E-state index contributed by atoms with van der Waals surface area (Å²) in [6.07, 6.45) is 8.97. The maximum atomic E-state index is 6.35. The number of benzene rings is 2. The Hall–Kier alpha value is -2.06. The quantitative estimate of drug-likeness (QED) is 0.596. The lowest BCUT2D eigenvalue weighted by Crippen LogP contribution is -2.14. The van der Waals surface area contributed by atoms with Crippen molar-refractivity contribution in [3.63, 3.8) is 0 Å². The molecule has 0 aliphatic carbocycles. The Morgan fingerprint density at radius 2 is 1.78 bits per heavy atom. The number of halogens is 1. The maximum Gasteiger partial charge on any atom is 0.0945 e. The van der Waals surface area contributed by atoms with E-state index in [1.807, 2.05) is 30.9 Å². The van der Waals surface area contributed by atoms with Crippen molar-refractivity contribution in [2.24, 2.45) is 5.92 Å². The van der Waals surface area contributed by atoms with E-state index in [1.54, 1.807) is 0 Å². The zero-order valence-electron chi connectivity index (χ0n) is 13.1. The first-order valence-electron chi connectivity index (χ1n) is 8.04. The summed E-state index contributed by atoms with van der Waals surface area (Å²) >= 11 is 6.35. The van der Waals surface area contributed by atoms with Gasteiger partial charge in [0.05, 0.1) is 6.33 Å². The van der Waals surface area contributed by atoms with Gasteiger partial charge in [-0.1, -0.05) is 60.1 Å². The summed E-state index contributed by atoms with van der Waals surface area (Å²) in [5, 5.41) is 0.864. The fourth-order valence-corrected chi connectivity index (χ4v) is 3.15. The van der Waals surface area contributed by atoms with Crippen molar-refractivity contribution >= 4 is 11.6 Å². The van der Waals surface area contributed by atoms with Gasteiger partial charge >= 0.3 is 0 Å². The Morgan fingerprint density at radius 1 is 1.00 bits per heavy atom. The molecule has 1 heterocycles. The van der Waals surface area contributed by atoms with Gasteiger partial charge in [-0.15, -0.1) is 0 Å². The Kier molecular flexibility index (Phi) is 5.49. The molecular formula is C20H21ClN2. The summed E-state index contributed by atoms with van der Waals surface area (Å²) in [6, 6.07) is 18.8. The largest absolute Gasteiger partial charge is 0.337 e. The molecule has 0 saturated carbocycles. The minimum atomic E-state index is 0.532. The SMILES string of the molecule is Clc1ccccc1CC(CCc1ccccc1)Cn1ccnc1. The number of hydrogen-bond acceptors (Lipinski definition) is 1. The smallest absolute Gasteiger partial charge is 0.0945 e. The number of aromatic nitrogens is 2. The van der Waals surface area contributed by atoms with Crippen LogP contribution in [0.1, 0.15) is 17.5 Å². The zero-order valence-corrected chi connectivity index (χ0v) is 13.9. The van der Waals surface area contributed by atoms with E-state index in [4.69, 9.17) is 11.6 Å². The third kappa shape index (κ3) is 4.70. The summed E-state index contributed by atoms with van der Waals surface area (Å²) < 4.78 is 2.16. The van der Waals surface area contributed by atoms with Crippen LogP contribution in [0, 0.1) is 5.92 Å². The van der Waals surface area contributed by atoms with E-state index >= 15 is 0 Å². The van der Waals surface area contributed by atoms with Crippen molar-refractivity contribution in [2.45, 2.75) is 25.8 Å². The minimum Gasteiger partial charge on any atom is -0.337 e. The van der Waals surface area contributed by atoms with Crippen LogP contribution < -0.4 is 0 Å². The molecule has 0 fully saturated rings.